The second-order valence-electron chi connectivity index (χ2n) is 4.07. The van der Waals surface area contributed by atoms with Gasteiger partial charge in [0.1, 0.15) is 0 Å². The molecule has 1 aliphatic carbocycles. The number of allylic oxidation sites excluding steroid dienone is 1. The number of aliphatic hydroxyl groups is 1. The third-order valence-corrected chi connectivity index (χ3v) is 3.16. The molecule has 2 aliphatic rings. The maximum Gasteiger partial charge on any atom is 0.155 e. The molecule has 0 radical (unpaired) electrons. The van der Waals surface area contributed by atoms with Crippen LogP contribution in [-0.4, -0.2) is 17.5 Å². The molecular formula is C10H16O2. The van der Waals surface area contributed by atoms with E-state index < -0.39 is 6.29 Å². The van der Waals surface area contributed by atoms with Gasteiger partial charge in [0.15, 0.2) is 6.29 Å². The minimum atomic E-state index is -0.539. The fraction of sp³-hybridized carbons (Fsp3) is 0.800. The Morgan fingerprint density at radius 3 is 3.08 bits per heavy atom. The third kappa shape index (κ3) is 1.19. The van der Waals surface area contributed by atoms with Crippen molar-refractivity contribution < 1.29 is 9.84 Å². The Morgan fingerprint density at radius 2 is 2.33 bits per heavy atom. The number of ether oxygens (including phenoxy) is 1. The van der Waals surface area contributed by atoms with Crippen molar-refractivity contribution in [2.45, 2.75) is 39.1 Å². The lowest BCUT2D eigenvalue weighted by atomic mass is 9.84. The molecule has 2 nitrogen and oxygen atoms in total. The smallest absolute Gasteiger partial charge is 0.155 e. The van der Waals surface area contributed by atoms with Gasteiger partial charge in [0, 0.05) is 6.42 Å². The second-order valence-corrected chi connectivity index (χ2v) is 4.07. The first kappa shape index (κ1) is 8.27. The first-order chi connectivity index (χ1) is 5.68. The fourth-order valence-electron chi connectivity index (χ4n) is 2.36. The largest absolute Gasteiger partial charge is 0.368 e. The van der Waals surface area contributed by atoms with E-state index in [0.29, 0.717) is 11.8 Å². The molecule has 0 saturated carbocycles. The zero-order chi connectivity index (χ0) is 8.72. The summed E-state index contributed by atoms with van der Waals surface area (Å²) in [5, 5.41) is 9.40. The lowest BCUT2D eigenvalue weighted by Crippen LogP contribution is -2.38. The van der Waals surface area contributed by atoms with Crippen molar-refractivity contribution in [2.75, 3.05) is 0 Å². The summed E-state index contributed by atoms with van der Waals surface area (Å²) >= 11 is 0. The van der Waals surface area contributed by atoms with Crippen molar-refractivity contribution in [3.05, 3.63) is 11.6 Å². The molecule has 1 saturated heterocycles. The van der Waals surface area contributed by atoms with Crippen LogP contribution in [0.15, 0.2) is 11.6 Å². The Kier molecular flexibility index (Phi) is 1.97. The molecule has 12 heavy (non-hydrogen) atoms. The Balaban J connectivity index is 2.13. The van der Waals surface area contributed by atoms with Crippen LogP contribution in [0.5, 0.6) is 0 Å². The molecule has 0 bridgehead atoms. The first-order valence-corrected chi connectivity index (χ1v) is 4.68. The minimum Gasteiger partial charge on any atom is -0.368 e. The van der Waals surface area contributed by atoms with Crippen LogP contribution in [0.1, 0.15) is 26.7 Å². The van der Waals surface area contributed by atoms with Gasteiger partial charge < -0.3 is 9.84 Å². The van der Waals surface area contributed by atoms with Crippen LogP contribution in [0.2, 0.25) is 0 Å². The first-order valence-electron chi connectivity index (χ1n) is 4.68. The molecular weight excluding hydrogens is 152 g/mol. The Hall–Kier alpha value is -0.340. The molecule has 0 spiro atoms. The minimum absolute atomic E-state index is 0.198. The third-order valence-electron chi connectivity index (χ3n) is 3.16. The quantitative estimate of drug-likeness (QED) is 0.558. The summed E-state index contributed by atoms with van der Waals surface area (Å²) in [5.41, 5.74) is 1.30. The van der Waals surface area contributed by atoms with E-state index in [1.165, 1.54) is 5.57 Å². The second kappa shape index (κ2) is 2.86. The summed E-state index contributed by atoms with van der Waals surface area (Å²) in [4.78, 5) is 0. The van der Waals surface area contributed by atoms with Gasteiger partial charge in [0.25, 0.3) is 0 Å². The molecule has 2 rings (SSSR count). The fourth-order valence-corrected chi connectivity index (χ4v) is 2.36. The molecule has 0 aromatic rings. The van der Waals surface area contributed by atoms with Crippen LogP contribution < -0.4 is 0 Å². The Bertz CT molecular complexity index is 210. The van der Waals surface area contributed by atoms with Crippen molar-refractivity contribution >= 4 is 0 Å². The predicted molar refractivity (Wildman–Crippen MR) is 46.5 cm³/mol. The summed E-state index contributed by atoms with van der Waals surface area (Å²) in [6.07, 6.45) is 3.82. The predicted octanol–water partition coefficient (Wildman–Crippen LogP) is 1.70. The number of hydrogen-bond donors (Lipinski definition) is 1. The zero-order valence-corrected chi connectivity index (χ0v) is 7.66. The van der Waals surface area contributed by atoms with Gasteiger partial charge in [-0.05, 0) is 30.8 Å². The topological polar surface area (TPSA) is 29.5 Å². The molecule has 1 heterocycles. The van der Waals surface area contributed by atoms with Gasteiger partial charge in [-0.15, -0.1) is 0 Å². The average molecular weight is 168 g/mol. The standard InChI is InChI=1S/C10H16O2/c1-6-3-4-8-7(2)5-9(11)12-10(6)8/h3,7-11H,4-5H2,1-2H3/t7-,8+,9+,10+/m0/s1. The van der Waals surface area contributed by atoms with Crippen molar-refractivity contribution in [3.63, 3.8) is 0 Å². The van der Waals surface area contributed by atoms with E-state index in [4.69, 9.17) is 4.74 Å². The van der Waals surface area contributed by atoms with Crippen LogP contribution in [0.3, 0.4) is 0 Å². The Labute approximate surface area is 73.2 Å². The Morgan fingerprint density at radius 1 is 1.58 bits per heavy atom. The molecule has 68 valence electrons. The van der Waals surface area contributed by atoms with Crippen LogP contribution in [-0.2, 0) is 4.74 Å². The zero-order valence-electron chi connectivity index (χ0n) is 7.66. The molecule has 1 fully saturated rings. The SMILES string of the molecule is CC1=CC[C@H]2[C@@H]1O[C@@H](O)C[C@@H]2C. The highest BCUT2D eigenvalue weighted by Gasteiger charge is 2.38. The van der Waals surface area contributed by atoms with Gasteiger partial charge in [0.05, 0.1) is 6.10 Å². The van der Waals surface area contributed by atoms with Gasteiger partial charge >= 0.3 is 0 Å². The lowest BCUT2D eigenvalue weighted by Gasteiger charge is -2.35. The maximum absolute atomic E-state index is 9.40. The maximum atomic E-state index is 9.40. The summed E-state index contributed by atoms with van der Waals surface area (Å²) in [5.74, 6) is 1.21. The number of hydrogen-bond acceptors (Lipinski definition) is 2. The van der Waals surface area contributed by atoms with Gasteiger partial charge in [0.2, 0.25) is 0 Å². The van der Waals surface area contributed by atoms with Gasteiger partial charge in [-0.1, -0.05) is 13.0 Å². The van der Waals surface area contributed by atoms with E-state index >= 15 is 0 Å². The summed E-state index contributed by atoms with van der Waals surface area (Å²) in [7, 11) is 0. The number of fused-ring (bicyclic) bond motifs is 1. The number of aliphatic hydroxyl groups excluding tert-OH is 1. The van der Waals surface area contributed by atoms with E-state index in [1.807, 2.05) is 0 Å². The summed E-state index contributed by atoms with van der Waals surface area (Å²) in [6.45, 7) is 4.30. The number of rotatable bonds is 0. The molecule has 1 N–H and O–H groups in total. The van der Waals surface area contributed by atoms with Crippen LogP contribution in [0.4, 0.5) is 0 Å². The van der Waals surface area contributed by atoms with E-state index in [-0.39, 0.29) is 6.10 Å². The van der Waals surface area contributed by atoms with Crippen LogP contribution in [0.25, 0.3) is 0 Å². The highest BCUT2D eigenvalue weighted by atomic mass is 16.6. The monoisotopic (exact) mass is 168 g/mol. The van der Waals surface area contributed by atoms with Crippen molar-refractivity contribution in [1.29, 1.82) is 0 Å². The molecule has 0 aromatic carbocycles. The molecule has 0 aromatic heterocycles. The van der Waals surface area contributed by atoms with E-state index in [1.54, 1.807) is 0 Å². The average Bonchev–Trinajstić information content (AvgIpc) is 2.33. The van der Waals surface area contributed by atoms with Crippen molar-refractivity contribution in [3.8, 4) is 0 Å². The van der Waals surface area contributed by atoms with Gasteiger partial charge in [-0.3, -0.25) is 0 Å². The van der Waals surface area contributed by atoms with E-state index in [9.17, 15) is 5.11 Å². The highest BCUT2D eigenvalue weighted by molar-refractivity contribution is 5.16. The van der Waals surface area contributed by atoms with Crippen LogP contribution >= 0.6 is 0 Å². The molecule has 0 unspecified atom stereocenters. The molecule has 1 aliphatic heterocycles. The van der Waals surface area contributed by atoms with Crippen molar-refractivity contribution in [1.82, 2.24) is 0 Å². The molecule has 0 amide bonds. The molecule has 4 atom stereocenters. The van der Waals surface area contributed by atoms with Crippen molar-refractivity contribution in [2.24, 2.45) is 11.8 Å². The van der Waals surface area contributed by atoms with E-state index in [0.717, 1.165) is 12.8 Å². The van der Waals surface area contributed by atoms with Crippen LogP contribution in [0, 0.1) is 11.8 Å². The normalized spacial score (nSPS) is 47.1. The molecule has 2 heteroatoms. The lowest BCUT2D eigenvalue weighted by molar-refractivity contribution is -0.182. The summed E-state index contributed by atoms with van der Waals surface area (Å²) < 4.78 is 5.48. The van der Waals surface area contributed by atoms with Gasteiger partial charge in [-0.2, -0.15) is 0 Å². The summed E-state index contributed by atoms with van der Waals surface area (Å²) in [6, 6.07) is 0. The van der Waals surface area contributed by atoms with Gasteiger partial charge in [-0.25, -0.2) is 0 Å². The van der Waals surface area contributed by atoms with E-state index in [2.05, 4.69) is 19.9 Å². The highest BCUT2D eigenvalue weighted by Crippen LogP contribution is 2.39.